The summed E-state index contributed by atoms with van der Waals surface area (Å²) in [5.74, 6) is 0.567. The third-order valence-electron chi connectivity index (χ3n) is 3.57. The Morgan fingerprint density at radius 2 is 2.00 bits per heavy atom. The van der Waals surface area contributed by atoms with Gasteiger partial charge in [0.25, 0.3) is 0 Å². The quantitative estimate of drug-likeness (QED) is 0.838. The molecule has 2 nitrogen and oxygen atoms in total. The highest BCUT2D eigenvalue weighted by molar-refractivity contribution is 9.10. The Hall–Kier alpha value is -1.35. The third kappa shape index (κ3) is 2.15. The van der Waals surface area contributed by atoms with Crippen molar-refractivity contribution < 1.29 is 0 Å². The van der Waals surface area contributed by atoms with Crippen LogP contribution in [0.2, 0.25) is 0 Å². The van der Waals surface area contributed by atoms with Gasteiger partial charge in [-0.1, -0.05) is 22.9 Å². The number of pyridine rings is 1. The monoisotopic (exact) mass is 302 g/mol. The lowest BCUT2D eigenvalue weighted by atomic mass is 9.86. The second kappa shape index (κ2) is 4.73. The number of halogens is 1. The molecule has 2 unspecified atom stereocenters. The fourth-order valence-electron chi connectivity index (χ4n) is 2.62. The lowest BCUT2D eigenvalue weighted by Crippen LogP contribution is -2.20. The van der Waals surface area contributed by atoms with Crippen LogP contribution in [0.1, 0.15) is 36.4 Å². The third-order valence-corrected chi connectivity index (χ3v) is 4.07. The van der Waals surface area contributed by atoms with E-state index in [-0.39, 0.29) is 0 Å². The highest BCUT2D eigenvalue weighted by Crippen LogP contribution is 2.40. The maximum absolute atomic E-state index is 4.08. The minimum atomic E-state index is 0.386. The fourth-order valence-corrected chi connectivity index (χ4v) is 2.99. The van der Waals surface area contributed by atoms with Gasteiger partial charge in [0.15, 0.2) is 0 Å². The second-order valence-corrected chi connectivity index (χ2v) is 5.76. The SMILES string of the molecule is CC1CC(c2ccncc2)Nc2ccc(Br)cc21. The van der Waals surface area contributed by atoms with Crippen molar-refractivity contribution in [1.82, 2.24) is 4.98 Å². The van der Waals surface area contributed by atoms with Crippen LogP contribution in [0.25, 0.3) is 0 Å². The predicted octanol–water partition coefficient (Wildman–Crippen LogP) is 4.50. The van der Waals surface area contributed by atoms with Crippen molar-refractivity contribution in [3.8, 4) is 0 Å². The Labute approximate surface area is 116 Å². The summed E-state index contributed by atoms with van der Waals surface area (Å²) in [4.78, 5) is 4.08. The summed E-state index contributed by atoms with van der Waals surface area (Å²) in [6.45, 7) is 2.29. The standard InChI is InChI=1S/C15H15BrN2/c1-10-8-15(11-4-6-17-7-5-11)18-14-3-2-12(16)9-13(10)14/h2-7,9-10,15,18H,8H2,1H3. The predicted molar refractivity (Wildman–Crippen MR) is 77.8 cm³/mol. The number of fused-ring (bicyclic) bond motifs is 1. The van der Waals surface area contributed by atoms with E-state index < -0.39 is 0 Å². The van der Waals surface area contributed by atoms with Gasteiger partial charge in [-0.15, -0.1) is 0 Å². The van der Waals surface area contributed by atoms with Crippen LogP contribution in [0.3, 0.4) is 0 Å². The van der Waals surface area contributed by atoms with E-state index >= 15 is 0 Å². The van der Waals surface area contributed by atoms with Gasteiger partial charge in [0.1, 0.15) is 0 Å². The van der Waals surface area contributed by atoms with Gasteiger partial charge in [-0.05, 0) is 53.8 Å². The summed E-state index contributed by atoms with van der Waals surface area (Å²) in [5, 5.41) is 3.62. The summed E-state index contributed by atoms with van der Waals surface area (Å²) >= 11 is 3.54. The second-order valence-electron chi connectivity index (χ2n) is 4.85. The molecule has 1 N–H and O–H groups in total. The number of aromatic nitrogens is 1. The average molecular weight is 303 g/mol. The molecule has 0 radical (unpaired) electrons. The summed E-state index contributed by atoms with van der Waals surface area (Å²) in [5.41, 5.74) is 3.96. The van der Waals surface area contributed by atoms with Crippen molar-refractivity contribution in [3.05, 3.63) is 58.3 Å². The highest BCUT2D eigenvalue weighted by atomic mass is 79.9. The zero-order valence-electron chi connectivity index (χ0n) is 10.2. The molecule has 0 amide bonds. The number of anilines is 1. The molecule has 0 spiro atoms. The molecular weight excluding hydrogens is 288 g/mol. The number of benzene rings is 1. The summed E-state index contributed by atoms with van der Waals surface area (Å²) in [6.07, 6.45) is 4.84. The molecule has 0 fully saturated rings. The van der Waals surface area contributed by atoms with Crippen molar-refractivity contribution in [3.63, 3.8) is 0 Å². The van der Waals surface area contributed by atoms with Crippen LogP contribution in [0.15, 0.2) is 47.2 Å². The smallest absolute Gasteiger partial charge is 0.0520 e. The van der Waals surface area contributed by atoms with Gasteiger partial charge in [-0.3, -0.25) is 4.98 Å². The number of hydrogen-bond acceptors (Lipinski definition) is 2. The van der Waals surface area contributed by atoms with Crippen LogP contribution >= 0.6 is 15.9 Å². The minimum absolute atomic E-state index is 0.386. The van der Waals surface area contributed by atoms with Gasteiger partial charge in [-0.2, -0.15) is 0 Å². The van der Waals surface area contributed by atoms with Crippen molar-refractivity contribution >= 4 is 21.6 Å². The molecule has 18 heavy (non-hydrogen) atoms. The van der Waals surface area contributed by atoms with Gasteiger partial charge >= 0.3 is 0 Å². The number of hydrogen-bond donors (Lipinski definition) is 1. The molecule has 2 heterocycles. The molecular formula is C15H15BrN2. The maximum Gasteiger partial charge on any atom is 0.0520 e. The molecule has 92 valence electrons. The molecule has 0 aliphatic carbocycles. The Morgan fingerprint density at radius 3 is 2.78 bits per heavy atom. The lowest BCUT2D eigenvalue weighted by Gasteiger charge is -2.32. The van der Waals surface area contributed by atoms with Crippen LogP contribution in [0.5, 0.6) is 0 Å². The van der Waals surface area contributed by atoms with E-state index in [0.29, 0.717) is 12.0 Å². The Balaban J connectivity index is 1.95. The first-order chi connectivity index (χ1) is 8.74. The minimum Gasteiger partial charge on any atom is -0.378 e. The van der Waals surface area contributed by atoms with E-state index in [1.54, 1.807) is 0 Å². The molecule has 2 aromatic rings. The van der Waals surface area contributed by atoms with Gasteiger partial charge in [0.2, 0.25) is 0 Å². The Morgan fingerprint density at radius 1 is 1.22 bits per heavy atom. The molecule has 0 saturated heterocycles. The molecule has 2 atom stereocenters. The first-order valence-electron chi connectivity index (χ1n) is 6.20. The van der Waals surface area contributed by atoms with Crippen molar-refractivity contribution in [1.29, 1.82) is 0 Å². The van der Waals surface area contributed by atoms with Gasteiger partial charge < -0.3 is 5.32 Å². The molecule has 3 heteroatoms. The molecule has 1 aromatic carbocycles. The van der Waals surface area contributed by atoms with Gasteiger partial charge in [0, 0.05) is 22.6 Å². The lowest BCUT2D eigenvalue weighted by molar-refractivity contribution is 0.578. The van der Waals surface area contributed by atoms with Crippen LogP contribution in [0, 0.1) is 0 Å². The average Bonchev–Trinajstić information content (AvgIpc) is 2.40. The van der Waals surface area contributed by atoms with Crippen LogP contribution in [-0.2, 0) is 0 Å². The van der Waals surface area contributed by atoms with E-state index in [1.165, 1.54) is 16.8 Å². The van der Waals surface area contributed by atoms with E-state index in [0.717, 1.165) is 10.9 Å². The number of nitrogens with one attached hydrogen (secondary N) is 1. The largest absolute Gasteiger partial charge is 0.378 e. The fraction of sp³-hybridized carbons (Fsp3) is 0.267. The number of nitrogens with zero attached hydrogens (tertiary/aromatic N) is 1. The molecule has 1 aromatic heterocycles. The highest BCUT2D eigenvalue weighted by Gasteiger charge is 2.24. The maximum atomic E-state index is 4.08. The van der Waals surface area contributed by atoms with E-state index in [1.807, 2.05) is 12.4 Å². The molecule has 0 saturated carbocycles. The Kier molecular flexibility index (Phi) is 3.08. The van der Waals surface area contributed by atoms with Gasteiger partial charge in [0.05, 0.1) is 6.04 Å². The van der Waals surface area contributed by atoms with E-state index in [9.17, 15) is 0 Å². The van der Waals surface area contributed by atoms with E-state index in [2.05, 4.69) is 63.5 Å². The normalized spacial score (nSPS) is 22.1. The molecule has 3 rings (SSSR count). The topological polar surface area (TPSA) is 24.9 Å². The van der Waals surface area contributed by atoms with E-state index in [4.69, 9.17) is 0 Å². The molecule has 1 aliphatic heterocycles. The molecule has 0 bridgehead atoms. The first kappa shape index (κ1) is 11.7. The van der Waals surface area contributed by atoms with Crippen molar-refractivity contribution in [2.75, 3.05) is 5.32 Å². The van der Waals surface area contributed by atoms with Crippen LogP contribution in [0.4, 0.5) is 5.69 Å². The zero-order chi connectivity index (χ0) is 12.5. The van der Waals surface area contributed by atoms with Crippen molar-refractivity contribution in [2.45, 2.75) is 25.3 Å². The number of rotatable bonds is 1. The van der Waals surface area contributed by atoms with Crippen molar-refractivity contribution in [2.24, 2.45) is 0 Å². The summed E-state index contributed by atoms with van der Waals surface area (Å²) in [6, 6.07) is 11.0. The summed E-state index contributed by atoms with van der Waals surface area (Å²) in [7, 11) is 0. The van der Waals surface area contributed by atoms with Gasteiger partial charge in [-0.25, -0.2) is 0 Å². The zero-order valence-corrected chi connectivity index (χ0v) is 11.8. The molecule has 1 aliphatic rings. The Bertz CT molecular complexity index is 554. The van der Waals surface area contributed by atoms with Crippen LogP contribution in [-0.4, -0.2) is 4.98 Å². The first-order valence-corrected chi connectivity index (χ1v) is 6.99. The van der Waals surface area contributed by atoms with Crippen LogP contribution < -0.4 is 5.32 Å². The summed E-state index contributed by atoms with van der Waals surface area (Å²) < 4.78 is 1.15.